The van der Waals surface area contributed by atoms with Gasteiger partial charge in [0.2, 0.25) is 0 Å². The molecule has 0 radical (unpaired) electrons. The maximum absolute atomic E-state index is 11.1. The third kappa shape index (κ3) is 5.20. The molecule has 2 aromatic rings. The lowest BCUT2D eigenvalue weighted by Gasteiger charge is -2.30. The van der Waals surface area contributed by atoms with Gasteiger partial charge in [0.1, 0.15) is 0 Å². The van der Waals surface area contributed by atoms with Gasteiger partial charge in [0, 0.05) is 35.4 Å². The molecular formula is C24H29ClN4OS. The van der Waals surface area contributed by atoms with Crippen LogP contribution in [0.1, 0.15) is 43.2 Å². The molecule has 31 heavy (non-hydrogen) atoms. The van der Waals surface area contributed by atoms with Crippen LogP contribution >= 0.6 is 23.8 Å². The highest BCUT2D eigenvalue weighted by molar-refractivity contribution is 7.80. The molecule has 2 atom stereocenters. The Morgan fingerprint density at radius 3 is 2.65 bits per heavy atom. The molecule has 1 fully saturated rings. The summed E-state index contributed by atoms with van der Waals surface area (Å²) in [6.45, 7) is 0.857. The van der Waals surface area contributed by atoms with Gasteiger partial charge in [-0.1, -0.05) is 61.2 Å². The Kier molecular flexibility index (Phi) is 7.10. The predicted molar refractivity (Wildman–Crippen MR) is 132 cm³/mol. The van der Waals surface area contributed by atoms with Crippen LogP contribution in [0.5, 0.6) is 0 Å². The number of likely N-dealkylation sites (N-methyl/N-ethyl adjacent to an activating group) is 1. The lowest BCUT2D eigenvalue weighted by molar-refractivity contribution is 0.140. The smallest absolute Gasteiger partial charge is 0.168 e. The zero-order valence-corrected chi connectivity index (χ0v) is 19.3. The van der Waals surface area contributed by atoms with Crippen LogP contribution < -0.4 is 15.5 Å². The molecule has 2 aliphatic rings. The summed E-state index contributed by atoms with van der Waals surface area (Å²) in [5.41, 5.74) is 3.48. The number of rotatable bonds is 4. The van der Waals surface area contributed by atoms with Gasteiger partial charge >= 0.3 is 0 Å². The zero-order chi connectivity index (χ0) is 21.8. The Hall–Kier alpha value is -2.15. The van der Waals surface area contributed by atoms with Crippen molar-refractivity contribution in [1.29, 1.82) is 0 Å². The number of benzene rings is 2. The molecule has 0 amide bonds. The lowest BCUT2D eigenvalue weighted by Crippen LogP contribution is -2.52. The molecule has 4 rings (SSSR count). The number of hydrogen-bond acceptors (Lipinski definition) is 4. The normalized spacial score (nSPS) is 21.6. The number of aliphatic hydroxyl groups is 1. The summed E-state index contributed by atoms with van der Waals surface area (Å²) in [5, 5.41) is 18.8. The summed E-state index contributed by atoms with van der Waals surface area (Å²) in [6.07, 6.45) is 4.90. The number of halogens is 1. The lowest BCUT2D eigenvalue weighted by atomic mass is 9.89. The number of aliphatic imine (C=N–C) groups is 1. The van der Waals surface area contributed by atoms with Crippen molar-refractivity contribution in [3.05, 3.63) is 64.7 Å². The van der Waals surface area contributed by atoms with E-state index in [0.29, 0.717) is 16.1 Å². The third-order valence-electron chi connectivity index (χ3n) is 6.14. The minimum atomic E-state index is -0.893. The predicted octanol–water partition coefficient (Wildman–Crippen LogP) is 4.32. The van der Waals surface area contributed by atoms with Crippen LogP contribution in [0, 0.1) is 5.92 Å². The number of hydrogen-bond donors (Lipinski definition) is 3. The van der Waals surface area contributed by atoms with Crippen molar-refractivity contribution < 1.29 is 5.11 Å². The monoisotopic (exact) mass is 456 g/mol. The van der Waals surface area contributed by atoms with Gasteiger partial charge in [0.25, 0.3) is 0 Å². The van der Waals surface area contributed by atoms with Crippen molar-refractivity contribution in [3.63, 3.8) is 0 Å². The number of fused-ring (bicyclic) bond motifs is 1. The number of anilines is 1. The number of aliphatic hydroxyl groups excluding tert-OH is 1. The number of nitrogens with zero attached hydrogens (tertiary/aromatic N) is 2. The van der Waals surface area contributed by atoms with E-state index in [1.165, 1.54) is 32.1 Å². The van der Waals surface area contributed by atoms with E-state index in [0.717, 1.165) is 29.1 Å². The van der Waals surface area contributed by atoms with Crippen molar-refractivity contribution >= 4 is 40.3 Å². The fourth-order valence-corrected chi connectivity index (χ4v) is 4.76. The second-order valence-electron chi connectivity index (χ2n) is 8.33. The fraction of sp³-hybridized carbons (Fsp3) is 0.417. The van der Waals surface area contributed by atoms with Crippen molar-refractivity contribution in [2.75, 3.05) is 18.5 Å². The largest absolute Gasteiger partial charge is 0.370 e. The van der Waals surface area contributed by atoms with Crippen molar-refractivity contribution in [2.45, 2.75) is 44.5 Å². The second kappa shape index (κ2) is 9.98. The highest BCUT2D eigenvalue weighted by Gasteiger charge is 2.31. The van der Waals surface area contributed by atoms with Gasteiger partial charge in [0.05, 0.1) is 5.71 Å². The Morgan fingerprint density at radius 2 is 1.90 bits per heavy atom. The van der Waals surface area contributed by atoms with Gasteiger partial charge in [-0.05, 0) is 49.2 Å². The molecule has 7 heteroatoms. The molecule has 5 nitrogen and oxygen atoms in total. The molecule has 1 heterocycles. The number of nitrogens with one attached hydrogen (secondary N) is 2. The minimum absolute atomic E-state index is 0.517. The van der Waals surface area contributed by atoms with E-state index in [9.17, 15) is 5.11 Å². The van der Waals surface area contributed by atoms with Crippen LogP contribution in [0.3, 0.4) is 0 Å². The van der Waals surface area contributed by atoms with Crippen LogP contribution in [-0.2, 0) is 0 Å². The van der Waals surface area contributed by atoms with E-state index in [1.807, 2.05) is 60.5 Å². The SMILES string of the molecule is CN1c2ccc(Cl)cc2C(c2ccccc2)=NC(NC(=S)NCC2CCCCC2)C1O. The number of benzodiazepines with no additional fused rings is 1. The van der Waals surface area contributed by atoms with Crippen LogP contribution in [0.25, 0.3) is 0 Å². The molecule has 0 spiro atoms. The maximum Gasteiger partial charge on any atom is 0.168 e. The quantitative estimate of drug-likeness (QED) is 0.598. The number of thiocarbonyl (C=S) groups is 1. The van der Waals surface area contributed by atoms with Crippen LogP contribution in [-0.4, -0.2) is 41.9 Å². The third-order valence-corrected chi connectivity index (χ3v) is 6.64. The fourth-order valence-electron chi connectivity index (χ4n) is 4.38. The van der Waals surface area contributed by atoms with E-state index in [4.69, 9.17) is 28.8 Å². The molecule has 3 N–H and O–H groups in total. The zero-order valence-electron chi connectivity index (χ0n) is 17.7. The van der Waals surface area contributed by atoms with Crippen LogP contribution in [0.2, 0.25) is 5.02 Å². The Bertz CT molecular complexity index is 946. The topological polar surface area (TPSA) is 59.9 Å². The van der Waals surface area contributed by atoms with Gasteiger partial charge < -0.3 is 20.6 Å². The molecular weight excluding hydrogens is 428 g/mol. The molecule has 1 saturated carbocycles. The minimum Gasteiger partial charge on any atom is -0.370 e. The molecule has 2 unspecified atom stereocenters. The standard InChI is InChI=1S/C24H29ClN4OS/c1-29-20-13-12-18(25)14-19(20)21(17-10-6-3-7-11-17)27-22(23(29)30)28-24(31)26-15-16-8-4-2-5-9-16/h3,6-7,10-14,16,22-23,30H,2,4-5,8-9,15H2,1H3,(H2,26,28,31). The molecule has 1 aliphatic heterocycles. The first-order chi connectivity index (χ1) is 15.0. The Morgan fingerprint density at radius 1 is 1.16 bits per heavy atom. The summed E-state index contributed by atoms with van der Waals surface area (Å²) < 4.78 is 0. The highest BCUT2D eigenvalue weighted by Crippen LogP contribution is 2.31. The summed E-state index contributed by atoms with van der Waals surface area (Å²) >= 11 is 11.9. The molecule has 0 bridgehead atoms. The van der Waals surface area contributed by atoms with Crippen LogP contribution in [0.4, 0.5) is 5.69 Å². The summed E-state index contributed by atoms with van der Waals surface area (Å²) in [5.74, 6) is 0.657. The van der Waals surface area contributed by atoms with Crippen molar-refractivity contribution in [1.82, 2.24) is 10.6 Å². The average Bonchev–Trinajstić information content (AvgIpc) is 2.89. The summed E-state index contributed by atoms with van der Waals surface area (Å²) in [4.78, 5) is 6.73. The first kappa shape index (κ1) is 22.1. The first-order valence-electron chi connectivity index (χ1n) is 10.9. The maximum atomic E-state index is 11.1. The van der Waals surface area contributed by atoms with Gasteiger partial charge in [0.15, 0.2) is 17.5 Å². The van der Waals surface area contributed by atoms with Gasteiger partial charge in [-0.3, -0.25) is 4.99 Å². The van der Waals surface area contributed by atoms with Crippen LogP contribution in [0.15, 0.2) is 53.5 Å². The van der Waals surface area contributed by atoms with Crippen molar-refractivity contribution in [2.24, 2.45) is 10.9 Å². The summed E-state index contributed by atoms with van der Waals surface area (Å²) in [6, 6.07) is 15.6. The molecule has 164 valence electrons. The molecule has 0 aromatic heterocycles. The average molecular weight is 457 g/mol. The van der Waals surface area contributed by atoms with E-state index in [-0.39, 0.29) is 0 Å². The molecule has 1 aliphatic carbocycles. The van der Waals surface area contributed by atoms with Crippen molar-refractivity contribution in [3.8, 4) is 0 Å². The van der Waals surface area contributed by atoms with Gasteiger partial charge in [-0.2, -0.15) is 0 Å². The second-order valence-corrected chi connectivity index (χ2v) is 9.18. The Balaban J connectivity index is 1.60. The van der Waals surface area contributed by atoms with E-state index in [1.54, 1.807) is 0 Å². The molecule has 2 aromatic carbocycles. The van der Waals surface area contributed by atoms with E-state index in [2.05, 4.69) is 10.6 Å². The van der Waals surface area contributed by atoms with E-state index < -0.39 is 12.4 Å². The van der Waals surface area contributed by atoms with E-state index >= 15 is 0 Å². The van der Waals surface area contributed by atoms with Gasteiger partial charge in [-0.15, -0.1) is 0 Å². The first-order valence-corrected chi connectivity index (χ1v) is 11.7. The highest BCUT2D eigenvalue weighted by atomic mass is 35.5. The van der Waals surface area contributed by atoms with Gasteiger partial charge in [-0.25, -0.2) is 0 Å². The Labute approximate surface area is 194 Å². The summed E-state index contributed by atoms with van der Waals surface area (Å²) in [7, 11) is 1.86. The molecule has 0 saturated heterocycles.